The van der Waals surface area contributed by atoms with Crippen molar-refractivity contribution < 1.29 is 41.9 Å². The fourth-order valence-corrected chi connectivity index (χ4v) is 4.35. The van der Waals surface area contributed by atoms with Crippen LogP contribution in [0.15, 0.2) is 59.1 Å². The number of alkyl halides is 3. The van der Waals surface area contributed by atoms with Gasteiger partial charge in [0.05, 0.1) is 5.52 Å². The van der Waals surface area contributed by atoms with Crippen molar-refractivity contribution in [3.05, 3.63) is 60.5 Å². The molecular formula is C27H24F3N5O6. The number of piperidine rings is 1. The van der Waals surface area contributed by atoms with E-state index in [1.54, 1.807) is 11.0 Å². The molecule has 2 aliphatic heterocycles. The van der Waals surface area contributed by atoms with E-state index >= 15 is 0 Å². The van der Waals surface area contributed by atoms with Crippen LogP contribution >= 0.6 is 0 Å². The zero-order chi connectivity index (χ0) is 29.0. The number of nitrogens with one attached hydrogen (secondary N) is 1. The first kappa shape index (κ1) is 27.7. The van der Waals surface area contributed by atoms with Crippen molar-refractivity contribution in [2.45, 2.75) is 24.9 Å². The van der Waals surface area contributed by atoms with Crippen molar-refractivity contribution in [1.29, 1.82) is 0 Å². The third-order valence-electron chi connectivity index (χ3n) is 6.44. The van der Waals surface area contributed by atoms with Crippen LogP contribution in [-0.4, -0.2) is 69.6 Å². The number of rotatable bonds is 3. The number of hydrogen-bond acceptors (Lipinski definition) is 8. The van der Waals surface area contributed by atoms with Gasteiger partial charge in [-0.25, -0.2) is 14.6 Å². The van der Waals surface area contributed by atoms with E-state index in [9.17, 15) is 18.0 Å². The topological polar surface area (TPSA) is 140 Å². The maximum absolute atomic E-state index is 12.8. The first-order valence-corrected chi connectivity index (χ1v) is 12.6. The van der Waals surface area contributed by atoms with Gasteiger partial charge in [0.25, 0.3) is 0 Å². The Hall–Kier alpha value is -4.88. The van der Waals surface area contributed by atoms with Crippen molar-refractivity contribution in [3.8, 4) is 23.0 Å². The Morgan fingerprint density at radius 2 is 1.66 bits per heavy atom. The fraction of sp³-hybridized carbons (Fsp3) is 0.296. The summed E-state index contributed by atoms with van der Waals surface area (Å²) in [5.41, 5.74) is 2.26. The number of carbonyl (C=O) groups is 2. The van der Waals surface area contributed by atoms with Crippen LogP contribution in [0.5, 0.6) is 11.5 Å². The first-order valence-electron chi connectivity index (χ1n) is 12.6. The van der Waals surface area contributed by atoms with Gasteiger partial charge in [-0.05, 0) is 37.1 Å². The molecule has 2 amide bonds. The van der Waals surface area contributed by atoms with Crippen molar-refractivity contribution >= 4 is 28.6 Å². The van der Waals surface area contributed by atoms with E-state index in [4.69, 9.17) is 23.9 Å². The average Bonchev–Trinajstić information content (AvgIpc) is 3.47. The fourth-order valence-electron chi connectivity index (χ4n) is 4.35. The predicted octanol–water partition coefficient (Wildman–Crippen LogP) is 5.10. The number of nitrogens with zero attached hydrogens (tertiary/aromatic N) is 4. The Morgan fingerprint density at radius 3 is 2.39 bits per heavy atom. The molecule has 1 saturated heterocycles. The minimum atomic E-state index is -5.08. The zero-order valence-corrected chi connectivity index (χ0v) is 21.4. The van der Waals surface area contributed by atoms with Gasteiger partial charge in [0, 0.05) is 36.1 Å². The lowest BCUT2D eigenvalue weighted by Gasteiger charge is -2.30. The summed E-state index contributed by atoms with van der Waals surface area (Å²) in [6.45, 7) is 2.25. The van der Waals surface area contributed by atoms with Crippen LogP contribution in [-0.2, 0) is 4.79 Å². The first-order chi connectivity index (χ1) is 19.7. The maximum atomic E-state index is 12.8. The van der Waals surface area contributed by atoms with Crippen molar-refractivity contribution in [1.82, 2.24) is 20.0 Å². The van der Waals surface area contributed by atoms with Gasteiger partial charge in [-0.1, -0.05) is 29.4 Å². The zero-order valence-electron chi connectivity index (χ0n) is 21.4. The second kappa shape index (κ2) is 11.7. The van der Waals surface area contributed by atoms with Gasteiger partial charge in [0.1, 0.15) is 18.9 Å². The molecule has 214 valence electrons. The lowest BCUT2D eigenvalue weighted by molar-refractivity contribution is -0.192. The number of anilines is 1. The summed E-state index contributed by atoms with van der Waals surface area (Å²) in [7, 11) is 0. The maximum Gasteiger partial charge on any atom is 0.490 e. The number of carboxylic acids is 1. The van der Waals surface area contributed by atoms with Crippen molar-refractivity contribution in [3.63, 3.8) is 0 Å². The van der Waals surface area contributed by atoms with E-state index in [2.05, 4.69) is 20.4 Å². The highest BCUT2D eigenvalue weighted by Crippen LogP contribution is 2.33. The van der Waals surface area contributed by atoms with E-state index < -0.39 is 12.1 Å². The van der Waals surface area contributed by atoms with E-state index in [-0.39, 0.29) is 11.9 Å². The molecule has 2 aromatic carbocycles. The summed E-state index contributed by atoms with van der Waals surface area (Å²) >= 11 is 0. The molecular weight excluding hydrogens is 547 g/mol. The molecule has 0 bridgehead atoms. The number of likely N-dealkylation sites (tertiary alicyclic amines) is 1. The van der Waals surface area contributed by atoms with Gasteiger partial charge in [-0.15, -0.1) is 0 Å². The Morgan fingerprint density at radius 1 is 0.951 bits per heavy atom. The monoisotopic (exact) mass is 571 g/mol. The summed E-state index contributed by atoms with van der Waals surface area (Å²) in [6.07, 6.45) is -3.58. The second-order valence-electron chi connectivity index (χ2n) is 9.20. The van der Waals surface area contributed by atoms with E-state index in [0.29, 0.717) is 60.9 Å². The van der Waals surface area contributed by atoms with Crippen LogP contribution in [0, 0.1) is 0 Å². The van der Waals surface area contributed by atoms with Gasteiger partial charge in [0.15, 0.2) is 11.5 Å². The number of urea groups is 1. The minimum Gasteiger partial charge on any atom is -0.486 e. The average molecular weight is 572 g/mol. The number of ether oxygens (including phenoxy) is 2. The Kier molecular flexibility index (Phi) is 7.90. The number of fused-ring (bicyclic) bond motifs is 2. The Balaban J connectivity index is 0.000000431. The summed E-state index contributed by atoms with van der Waals surface area (Å²) in [5.74, 6) is -0.220. The number of hydrogen-bond donors (Lipinski definition) is 2. The molecule has 1 fully saturated rings. The highest BCUT2D eigenvalue weighted by atomic mass is 19.4. The SMILES string of the molecule is O=C(Nc1ccc2c(c1)OCCO2)N1CCC(c2nc(-c3ccc4ccccc4n3)no2)CC1.O=C(O)C(F)(F)F. The molecule has 41 heavy (non-hydrogen) atoms. The third kappa shape index (κ3) is 6.65. The van der Waals surface area contributed by atoms with Crippen LogP contribution in [0.2, 0.25) is 0 Å². The number of aliphatic carboxylic acids is 1. The quantitative estimate of drug-likeness (QED) is 0.344. The van der Waals surface area contributed by atoms with E-state index in [1.807, 2.05) is 48.5 Å². The van der Waals surface area contributed by atoms with Crippen LogP contribution in [0.25, 0.3) is 22.4 Å². The summed E-state index contributed by atoms with van der Waals surface area (Å²) in [4.78, 5) is 32.7. The molecule has 0 unspecified atom stereocenters. The Labute approximate surface area is 230 Å². The van der Waals surface area contributed by atoms with Gasteiger partial charge in [-0.3, -0.25) is 0 Å². The van der Waals surface area contributed by atoms with Gasteiger partial charge >= 0.3 is 18.2 Å². The summed E-state index contributed by atoms with van der Waals surface area (Å²) in [5, 5.41) is 15.3. The van der Waals surface area contributed by atoms with Crippen LogP contribution in [0.4, 0.5) is 23.7 Å². The standard InChI is InChI=1S/C25H23N5O4.C2HF3O2/c31-25(26-18-6-8-21-22(15-18)33-14-13-32-21)30-11-9-17(10-12-30)24-28-23(29-34-24)20-7-5-16-3-1-2-4-19(16)27-20;3-2(4,5)1(6)7/h1-8,15,17H,9-14H2,(H,26,31);(H,6,7). The number of benzene rings is 2. The van der Waals surface area contributed by atoms with Crippen molar-refractivity contribution in [2.24, 2.45) is 0 Å². The molecule has 0 saturated carbocycles. The number of amides is 2. The molecule has 14 heteroatoms. The molecule has 2 aliphatic rings. The predicted molar refractivity (Wildman–Crippen MR) is 139 cm³/mol. The largest absolute Gasteiger partial charge is 0.490 e. The number of carboxylic acid groups (broad SMARTS) is 1. The second-order valence-corrected chi connectivity index (χ2v) is 9.20. The molecule has 4 heterocycles. The summed E-state index contributed by atoms with van der Waals surface area (Å²) < 4.78 is 48.4. The summed E-state index contributed by atoms with van der Waals surface area (Å²) in [6, 6.07) is 17.1. The van der Waals surface area contributed by atoms with E-state index in [1.165, 1.54) is 0 Å². The number of para-hydroxylation sites is 1. The number of aromatic nitrogens is 3. The van der Waals surface area contributed by atoms with Crippen molar-refractivity contribution in [2.75, 3.05) is 31.6 Å². The lowest BCUT2D eigenvalue weighted by Crippen LogP contribution is -2.40. The third-order valence-corrected chi connectivity index (χ3v) is 6.44. The van der Waals surface area contributed by atoms with Crippen LogP contribution in [0.1, 0.15) is 24.7 Å². The number of carbonyl (C=O) groups excluding carboxylic acids is 1. The highest BCUT2D eigenvalue weighted by molar-refractivity contribution is 5.89. The smallest absolute Gasteiger partial charge is 0.486 e. The minimum absolute atomic E-state index is 0.111. The molecule has 0 atom stereocenters. The molecule has 0 aliphatic carbocycles. The Bertz CT molecular complexity index is 1550. The lowest BCUT2D eigenvalue weighted by atomic mass is 9.97. The molecule has 11 nitrogen and oxygen atoms in total. The van der Waals surface area contributed by atoms with Crippen LogP contribution in [0.3, 0.4) is 0 Å². The molecule has 2 N–H and O–H groups in total. The van der Waals surface area contributed by atoms with E-state index in [0.717, 1.165) is 23.7 Å². The van der Waals surface area contributed by atoms with Gasteiger partial charge in [-0.2, -0.15) is 18.2 Å². The van der Waals surface area contributed by atoms with Gasteiger partial charge in [0.2, 0.25) is 11.7 Å². The molecule has 4 aromatic rings. The molecule has 0 radical (unpaired) electrons. The molecule has 6 rings (SSSR count). The van der Waals surface area contributed by atoms with Gasteiger partial charge < -0.3 is 29.3 Å². The molecule has 2 aromatic heterocycles. The van der Waals surface area contributed by atoms with Crippen LogP contribution < -0.4 is 14.8 Å². The normalized spacial score (nSPS) is 15.1. The molecule has 0 spiro atoms. The highest BCUT2D eigenvalue weighted by Gasteiger charge is 2.38. The number of halogens is 3. The number of pyridine rings is 1.